The van der Waals surface area contributed by atoms with Gasteiger partial charge in [0.05, 0.1) is 24.3 Å². The van der Waals surface area contributed by atoms with E-state index >= 15 is 0 Å². The lowest BCUT2D eigenvalue weighted by Crippen LogP contribution is -2.39. The molecule has 1 aliphatic heterocycles. The lowest BCUT2D eigenvalue weighted by atomic mass is 10.1. The van der Waals surface area contributed by atoms with Crippen LogP contribution in [0, 0.1) is 5.82 Å². The van der Waals surface area contributed by atoms with Crippen molar-refractivity contribution in [1.82, 2.24) is 24.4 Å². The molecule has 7 heteroatoms. The number of nitrogens with zero attached hydrogens (tertiary/aromatic N) is 4. The van der Waals surface area contributed by atoms with Crippen LogP contribution in [0.5, 0.6) is 0 Å². The van der Waals surface area contributed by atoms with Crippen LogP contribution < -0.4 is 0 Å². The smallest absolute Gasteiger partial charge is 0.245 e. The molecular formula is C18H18FN5O. The van der Waals surface area contributed by atoms with E-state index in [0.717, 1.165) is 11.4 Å². The zero-order valence-electron chi connectivity index (χ0n) is 13.8. The van der Waals surface area contributed by atoms with Crippen LogP contribution >= 0.6 is 0 Å². The van der Waals surface area contributed by atoms with Gasteiger partial charge in [0.1, 0.15) is 17.7 Å². The number of halogens is 1. The Morgan fingerprint density at radius 3 is 3.04 bits per heavy atom. The Morgan fingerprint density at radius 2 is 2.28 bits per heavy atom. The summed E-state index contributed by atoms with van der Waals surface area (Å²) in [6.07, 6.45) is 5.79. The van der Waals surface area contributed by atoms with Crippen molar-refractivity contribution in [3.05, 3.63) is 60.2 Å². The number of hydrogen-bond acceptors (Lipinski definition) is 3. The number of aromatic nitrogens is 4. The topological polar surface area (TPSA) is 66.8 Å². The van der Waals surface area contributed by atoms with Crippen molar-refractivity contribution >= 4 is 5.91 Å². The molecule has 1 atom stereocenters. The zero-order valence-corrected chi connectivity index (χ0v) is 13.8. The van der Waals surface area contributed by atoms with Gasteiger partial charge in [-0.1, -0.05) is 12.1 Å². The normalized spacial score (nSPS) is 15.0. The molecule has 3 heterocycles. The molecule has 1 aromatic carbocycles. The van der Waals surface area contributed by atoms with Gasteiger partial charge in [0.2, 0.25) is 5.91 Å². The first-order valence-electron chi connectivity index (χ1n) is 8.22. The second-order valence-electron chi connectivity index (χ2n) is 6.22. The van der Waals surface area contributed by atoms with Crippen molar-refractivity contribution in [3.8, 4) is 11.4 Å². The van der Waals surface area contributed by atoms with E-state index in [9.17, 15) is 9.18 Å². The summed E-state index contributed by atoms with van der Waals surface area (Å²) in [6.45, 7) is 2.97. The third kappa shape index (κ3) is 2.93. The molecular weight excluding hydrogens is 321 g/mol. The predicted molar refractivity (Wildman–Crippen MR) is 90.0 cm³/mol. The van der Waals surface area contributed by atoms with Crippen LogP contribution in [-0.2, 0) is 17.8 Å². The number of imidazole rings is 2. The van der Waals surface area contributed by atoms with Gasteiger partial charge in [-0.15, -0.1) is 0 Å². The average Bonchev–Trinajstić information content (AvgIpc) is 3.29. The second kappa shape index (κ2) is 6.16. The third-order valence-corrected chi connectivity index (χ3v) is 4.57. The van der Waals surface area contributed by atoms with Crippen LogP contribution in [-0.4, -0.2) is 36.9 Å². The summed E-state index contributed by atoms with van der Waals surface area (Å²) >= 11 is 0. The lowest BCUT2D eigenvalue weighted by Gasteiger charge is -2.29. The van der Waals surface area contributed by atoms with Crippen LogP contribution in [0.4, 0.5) is 4.39 Å². The number of aromatic amines is 1. The number of rotatable bonds is 3. The largest absolute Gasteiger partial charge is 0.340 e. The summed E-state index contributed by atoms with van der Waals surface area (Å²) in [5.41, 5.74) is 2.56. The monoisotopic (exact) mass is 339 g/mol. The van der Waals surface area contributed by atoms with E-state index in [4.69, 9.17) is 0 Å². The molecule has 4 rings (SSSR count). The van der Waals surface area contributed by atoms with E-state index in [0.29, 0.717) is 30.9 Å². The molecule has 0 spiro atoms. The number of H-pyrrole nitrogens is 1. The van der Waals surface area contributed by atoms with Crippen LogP contribution in [0.25, 0.3) is 11.4 Å². The van der Waals surface area contributed by atoms with Gasteiger partial charge in [0, 0.05) is 30.9 Å². The van der Waals surface area contributed by atoms with Gasteiger partial charge in [0.25, 0.3) is 0 Å². The van der Waals surface area contributed by atoms with Crippen molar-refractivity contribution in [2.45, 2.75) is 25.9 Å². The van der Waals surface area contributed by atoms with Crippen LogP contribution in [0.3, 0.4) is 0 Å². The van der Waals surface area contributed by atoms with Crippen molar-refractivity contribution in [1.29, 1.82) is 0 Å². The SMILES string of the molecule is C[C@H](C(=O)N1CCc2nc(-c3cccc(F)c3)[nH]c2C1)n1ccnc1. The highest BCUT2D eigenvalue weighted by molar-refractivity contribution is 5.80. The maximum absolute atomic E-state index is 13.4. The van der Waals surface area contributed by atoms with Crippen molar-refractivity contribution in [3.63, 3.8) is 0 Å². The molecule has 1 amide bonds. The molecule has 2 aromatic heterocycles. The predicted octanol–water partition coefficient (Wildman–Crippen LogP) is 2.56. The Morgan fingerprint density at radius 1 is 1.40 bits per heavy atom. The number of carbonyl (C=O) groups excluding carboxylic acids is 1. The zero-order chi connectivity index (χ0) is 17.4. The quantitative estimate of drug-likeness (QED) is 0.797. The van der Waals surface area contributed by atoms with Gasteiger partial charge >= 0.3 is 0 Å². The molecule has 6 nitrogen and oxygen atoms in total. The highest BCUT2D eigenvalue weighted by Crippen LogP contribution is 2.24. The van der Waals surface area contributed by atoms with E-state index in [1.807, 2.05) is 17.9 Å². The molecule has 1 aliphatic rings. The van der Waals surface area contributed by atoms with Gasteiger partial charge in [-0.2, -0.15) is 0 Å². The number of nitrogens with one attached hydrogen (secondary N) is 1. The molecule has 0 radical (unpaired) electrons. The first-order chi connectivity index (χ1) is 12.1. The van der Waals surface area contributed by atoms with Crippen molar-refractivity contribution in [2.24, 2.45) is 0 Å². The molecule has 1 N–H and O–H groups in total. The maximum atomic E-state index is 13.4. The van der Waals surface area contributed by atoms with E-state index in [1.165, 1.54) is 12.1 Å². The maximum Gasteiger partial charge on any atom is 0.245 e. The third-order valence-electron chi connectivity index (χ3n) is 4.57. The van der Waals surface area contributed by atoms with Gasteiger partial charge in [0.15, 0.2) is 0 Å². The first kappa shape index (κ1) is 15.6. The fourth-order valence-corrected chi connectivity index (χ4v) is 3.14. The Hall–Kier alpha value is -2.96. The second-order valence-corrected chi connectivity index (χ2v) is 6.22. The standard InChI is InChI=1S/C18H18FN5O/c1-12(24-8-6-20-11-24)18(25)23-7-5-15-16(10-23)22-17(21-15)13-3-2-4-14(19)9-13/h2-4,6,8-9,11-12H,5,7,10H2,1H3,(H,21,22)/t12-/m1/s1. The highest BCUT2D eigenvalue weighted by atomic mass is 19.1. The van der Waals surface area contributed by atoms with E-state index in [1.54, 1.807) is 29.4 Å². The molecule has 0 aliphatic carbocycles. The molecule has 3 aromatic rings. The van der Waals surface area contributed by atoms with Crippen LogP contribution in [0.15, 0.2) is 43.0 Å². The summed E-state index contributed by atoms with van der Waals surface area (Å²) < 4.78 is 15.2. The molecule has 0 saturated carbocycles. The lowest BCUT2D eigenvalue weighted by molar-refractivity contribution is -0.135. The van der Waals surface area contributed by atoms with Crippen molar-refractivity contribution < 1.29 is 9.18 Å². The molecule has 0 bridgehead atoms. The van der Waals surface area contributed by atoms with Crippen LogP contribution in [0.2, 0.25) is 0 Å². The molecule has 128 valence electrons. The van der Waals surface area contributed by atoms with Gasteiger partial charge in [-0.05, 0) is 19.1 Å². The number of amides is 1. The minimum absolute atomic E-state index is 0.0468. The Balaban J connectivity index is 1.54. The van der Waals surface area contributed by atoms with E-state index in [-0.39, 0.29) is 17.8 Å². The summed E-state index contributed by atoms with van der Waals surface area (Å²) in [7, 11) is 0. The average molecular weight is 339 g/mol. The summed E-state index contributed by atoms with van der Waals surface area (Å²) in [4.78, 5) is 26.4. The van der Waals surface area contributed by atoms with E-state index in [2.05, 4.69) is 15.0 Å². The fraction of sp³-hybridized carbons (Fsp3) is 0.278. The van der Waals surface area contributed by atoms with Gasteiger partial charge in [-0.3, -0.25) is 4.79 Å². The number of hydrogen-bond donors (Lipinski definition) is 1. The summed E-state index contributed by atoms with van der Waals surface area (Å²) in [5, 5.41) is 0. The first-order valence-corrected chi connectivity index (χ1v) is 8.22. The van der Waals surface area contributed by atoms with Crippen molar-refractivity contribution in [2.75, 3.05) is 6.54 Å². The Labute approximate surface area is 144 Å². The Kier molecular flexibility index (Phi) is 3.83. The Bertz CT molecular complexity index is 902. The molecule has 0 saturated heterocycles. The highest BCUT2D eigenvalue weighted by Gasteiger charge is 2.27. The van der Waals surface area contributed by atoms with Gasteiger partial charge < -0.3 is 14.5 Å². The van der Waals surface area contributed by atoms with E-state index < -0.39 is 0 Å². The molecule has 0 unspecified atom stereocenters. The van der Waals surface area contributed by atoms with Gasteiger partial charge in [-0.25, -0.2) is 14.4 Å². The minimum atomic E-state index is -0.297. The summed E-state index contributed by atoms with van der Waals surface area (Å²) in [6, 6.07) is 6.04. The number of benzene rings is 1. The molecule has 25 heavy (non-hydrogen) atoms. The fourth-order valence-electron chi connectivity index (χ4n) is 3.14. The molecule has 0 fully saturated rings. The number of fused-ring (bicyclic) bond motifs is 1. The minimum Gasteiger partial charge on any atom is -0.340 e. The number of carbonyl (C=O) groups is 1. The summed E-state index contributed by atoms with van der Waals surface area (Å²) in [5.74, 6) is 0.393. The van der Waals surface area contributed by atoms with Crippen LogP contribution in [0.1, 0.15) is 24.4 Å².